The minimum Gasteiger partial charge on any atom is -0.256 e. The Morgan fingerprint density at radius 1 is 0.696 bits per heavy atom. The molecule has 0 saturated carbocycles. The zero-order chi connectivity index (χ0) is 15.9. The molecule has 0 bridgehead atoms. The zero-order valence-electron chi connectivity index (χ0n) is 13.0. The lowest BCUT2D eigenvalue weighted by Crippen LogP contribution is -1.82. The average molecular weight is 295 g/mol. The minimum absolute atomic E-state index is 0.962. The molecule has 0 radical (unpaired) electrons. The summed E-state index contributed by atoms with van der Waals surface area (Å²) in [4.78, 5) is 4.48. The Balaban J connectivity index is 1.70. The maximum atomic E-state index is 4.48. The summed E-state index contributed by atoms with van der Waals surface area (Å²) in [6.45, 7) is 2.07. The molecule has 3 rings (SSSR count). The molecule has 0 aliphatic heterocycles. The van der Waals surface area contributed by atoms with E-state index in [-0.39, 0.29) is 0 Å². The smallest absolute Gasteiger partial charge is 0.0630 e. The first-order valence-electron chi connectivity index (χ1n) is 7.57. The summed E-state index contributed by atoms with van der Waals surface area (Å²) in [5.41, 5.74) is 5.29. The van der Waals surface area contributed by atoms with Crippen LogP contribution in [-0.4, -0.2) is 6.21 Å². The van der Waals surface area contributed by atoms with Crippen LogP contribution in [0.3, 0.4) is 0 Å². The van der Waals surface area contributed by atoms with Crippen molar-refractivity contribution in [2.75, 3.05) is 0 Å². The molecule has 0 aliphatic carbocycles. The first-order valence-corrected chi connectivity index (χ1v) is 7.57. The Morgan fingerprint density at radius 2 is 1.30 bits per heavy atom. The fourth-order valence-corrected chi connectivity index (χ4v) is 2.10. The van der Waals surface area contributed by atoms with Crippen molar-refractivity contribution < 1.29 is 0 Å². The van der Waals surface area contributed by atoms with Gasteiger partial charge >= 0.3 is 0 Å². The SMILES string of the molecule is Cc1ccc(N=Cc2ccc(C#Cc3ccccc3)cc2)cc1. The van der Waals surface area contributed by atoms with Crippen molar-refractivity contribution in [2.24, 2.45) is 4.99 Å². The Kier molecular flexibility index (Phi) is 4.66. The Hall–Kier alpha value is -3.11. The first kappa shape index (κ1) is 14.8. The quantitative estimate of drug-likeness (QED) is 0.458. The molecule has 0 aromatic heterocycles. The third-order valence-electron chi connectivity index (χ3n) is 3.43. The van der Waals surface area contributed by atoms with Crippen LogP contribution in [0.25, 0.3) is 0 Å². The molecule has 0 N–H and O–H groups in total. The molecule has 3 aromatic carbocycles. The molecule has 3 aromatic rings. The molecular weight excluding hydrogens is 278 g/mol. The van der Waals surface area contributed by atoms with Crippen LogP contribution in [0.4, 0.5) is 5.69 Å². The van der Waals surface area contributed by atoms with E-state index in [0.717, 1.165) is 22.4 Å². The van der Waals surface area contributed by atoms with E-state index in [1.54, 1.807) is 0 Å². The highest BCUT2D eigenvalue weighted by atomic mass is 14.7. The van der Waals surface area contributed by atoms with E-state index < -0.39 is 0 Å². The van der Waals surface area contributed by atoms with Gasteiger partial charge in [-0.25, -0.2) is 0 Å². The first-order chi connectivity index (χ1) is 11.3. The Bertz CT molecular complexity index is 846. The number of hydrogen-bond acceptors (Lipinski definition) is 1. The number of nitrogens with zero attached hydrogens (tertiary/aromatic N) is 1. The second-order valence-electron chi connectivity index (χ2n) is 5.33. The van der Waals surface area contributed by atoms with E-state index >= 15 is 0 Å². The molecule has 1 heteroatoms. The monoisotopic (exact) mass is 295 g/mol. The summed E-state index contributed by atoms with van der Waals surface area (Å²) in [7, 11) is 0. The third kappa shape index (κ3) is 4.43. The van der Waals surface area contributed by atoms with E-state index in [0.29, 0.717) is 0 Å². The van der Waals surface area contributed by atoms with Crippen molar-refractivity contribution in [1.82, 2.24) is 0 Å². The average Bonchev–Trinajstić information content (AvgIpc) is 2.61. The van der Waals surface area contributed by atoms with E-state index in [4.69, 9.17) is 0 Å². The van der Waals surface area contributed by atoms with Crippen molar-refractivity contribution in [3.8, 4) is 11.8 Å². The van der Waals surface area contributed by atoms with Crippen LogP contribution in [0.1, 0.15) is 22.3 Å². The molecule has 1 nitrogen and oxygen atoms in total. The lowest BCUT2D eigenvalue weighted by atomic mass is 10.1. The third-order valence-corrected chi connectivity index (χ3v) is 3.43. The van der Waals surface area contributed by atoms with Gasteiger partial charge in [0, 0.05) is 17.3 Å². The number of aliphatic imine (C=N–C) groups is 1. The van der Waals surface area contributed by atoms with Crippen molar-refractivity contribution in [3.05, 3.63) is 101 Å². The molecular formula is C22H17N. The van der Waals surface area contributed by atoms with Crippen LogP contribution in [-0.2, 0) is 0 Å². The largest absolute Gasteiger partial charge is 0.256 e. The zero-order valence-corrected chi connectivity index (χ0v) is 13.0. The van der Waals surface area contributed by atoms with E-state index in [1.165, 1.54) is 5.56 Å². The fraction of sp³-hybridized carbons (Fsp3) is 0.0455. The van der Waals surface area contributed by atoms with Gasteiger partial charge in [-0.2, -0.15) is 0 Å². The van der Waals surface area contributed by atoms with E-state index in [9.17, 15) is 0 Å². The highest BCUT2D eigenvalue weighted by molar-refractivity contribution is 5.82. The topological polar surface area (TPSA) is 12.4 Å². The minimum atomic E-state index is 0.962. The molecule has 0 atom stereocenters. The van der Waals surface area contributed by atoms with E-state index in [2.05, 4.69) is 35.9 Å². The summed E-state index contributed by atoms with van der Waals surface area (Å²) < 4.78 is 0. The summed E-state index contributed by atoms with van der Waals surface area (Å²) in [5.74, 6) is 6.33. The lowest BCUT2D eigenvalue weighted by Gasteiger charge is -1.96. The van der Waals surface area contributed by atoms with Crippen LogP contribution in [0, 0.1) is 18.8 Å². The van der Waals surface area contributed by atoms with Crippen LogP contribution in [0.5, 0.6) is 0 Å². The Labute approximate surface area is 137 Å². The van der Waals surface area contributed by atoms with Crippen LogP contribution in [0.2, 0.25) is 0 Å². The van der Waals surface area contributed by atoms with Crippen molar-refractivity contribution in [2.45, 2.75) is 6.92 Å². The summed E-state index contributed by atoms with van der Waals surface area (Å²) in [6, 6.07) is 26.3. The molecule has 23 heavy (non-hydrogen) atoms. The van der Waals surface area contributed by atoms with Gasteiger partial charge in [-0.05, 0) is 48.9 Å². The predicted octanol–water partition coefficient (Wildman–Crippen LogP) is 5.15. The van der Waals surface area contributed by atoms with Gasteiger partial charge in [0.15, 0.2) is 0 Å². The van der Waals surface area contributed by atoms with Crippen LogP contribution >= 0.6 is 0 Å². The molecule has 0 heterocycles. The number of rotatable bonds is 2. The molecule has 0 unspecified atom stereocenters. The van der Waals surface area contributed by atoms with Gasteiger partial charge in [-0.3, -0.25) is 4.99 Å². The molecule has 110 valence electrons. The maximum absolute atomic E-state index is 4.48. The number of aryl methyl sites for hydroxylation is 1. The summed E-state index contributed by atoms with van der Waals surface area (Å²) >= 11 is 0. The van der Waals surface area contributed by atoms with Gasteiger partial charge < -0.3 is 0 Å². The molecule has 0 fully saturated rings. The standard InChI is InChI=1S/C22H17N/c1-18-7-15-22(16-8-18)23-17-21-13-11-20(12-14-21)10-9-19-5-3-2-4-6-19/h2-8,11-17H,1H3. The van der Waals surface area contributed by atoms with Gasteiger partial charge in [0.05, 0.1) is 5.69 Å². The highest BCUT2D eigenvalue weighted by Crippen LogP contribution is 2.12. The van der Waals surface area contributed by atoms with Crippen molar-refractivity contribution >= 4 is 11.9 Å². The van der Waals surface area contributed by atoms with Gasteiger partial charge in [-0.15, -0.1) is 0 Å². The van der Waals surface area contributed by atoms with Gasteiger partial charge in [0.1, 0.15) is 0 Å². The summed E-state index contributed by atoms with van der Waals surface area (Å²) in [6.07, 6.45) is 1.87. The van der Waals surface area contributed by atoms with Crippen molar-refractivity contribution in [1.29, 1.82) is 0 Å². The molecule has 0 spiro atoms. The van der Waals surface area contributed by atoms with Gasteiger partial charge in [0.2, 0.25) is 0 Å². The fourth-order valence-electron chi connectivity index (χ4n) is 2.10. The molecule has 0 amide bonds. The van der Waals surface area contributed by atoms with Crippen LogP contribution in [0.15, 0.2) is 83.9 Å². The maximum Gasteiger partial charge on any atom is 0.0630 e. The molecule has 0 aliphatic rings. The molecule has 0 saturated heterocycles. The highest BCUT2D eigenvalue weighted by Gasteiger charge is 1.91. The second-order valence-corrected chi connectivity index (χ2v) is 5.33. The number of hydrogen-bond donors (Lipinski definition) is 0. The van der Waals surface area contributed by atoms with E-state index in [1.807, 2.05) is 72.9 Å². The van der Waals surface area contributed by atoms with Gasteiger partial charge in [0.25, 0.3) is 0 Å². The second kappa shape index (κ2) is 7.24. The normalized spacial score (nSPS) is 10.3. The number of benzene rings is 3. The predicted molar refractivity (Wildman–Crippen MR) is 97.3 cm³/mol. The lowest BCUT2D eigenvalue weighted by molar-refractivity contribution is 1.44. The van der Waals surface area contributed by atoms with Gasteiger partial charge in [-0.1, -0.05) is 59.9 Å². The summed E-state index contributed by atoms with van der Waals surface area (Å²) in [5, 5.41) is 0. The van der Waals surface area contributed by atoms with Crippen LogP contribution < -0.4 is 0 Å². The van der Waals surface area contributed by atoms with Crippen molar-refractivity contribution in [3.63, 3.8) is 0 Å². The Morgan fingerprint density at radius 3 is 1.96 bits per heavy atom.